The molecule has 0 spiro atoms. The van der Waals surface area contributed by atoms with Gasteiger partial charge in [0, 0.05) is 36.8 Å². The molecule has 0 fully saturated rings. The number of carboxylic acid groups (broad SMARTS) is 1. The maximum absolute atomic E-state index is 11.8. The van der Waals surface area contributed by atoms with Gasteiger partial charge in [-0.2, -0.15) is 0 Å². The first kappa shape index (κ1) is 26.8. The number of methoxy groups -OCH3 is 1. The summed E-state index contributed by atoms with van der Waals surface area (Å²) >= 11 is 0. The fraction of sp³-hybridized carbons (Fsp3) is 0.385. The topological polar surface area (TPSA) is 97.7 Å². The molecule has 0 saturated carbocycles. The van der Waals surface area contributed by atoms with Gasteiger partial charge in [0.05, 0.1) is 7.11 Å². The van der Waals surface area contributed by atoms with E-state index in [0.717, 1.165) is 5.56 Å². The smallest absolute Gasteiger partial charge is 0.305 e. The van der Waals surface area contributed by atoms with Gasteiger partial charge >= 0.3 is 11.9 Å². The minimum absolute atomic E-state index is 0.0842. The summed E-state index contributed by atoms with van der Waals surface area (Å²) in [6, 6.07) is 18.3. The highest BCUT2D eigenvalue weighted by Gasteiger charge is 2.12. The summed E-state index contributed by atoms with van der Waals surface area (Å²) in [6.45, 7) is 1.95. The molecule has 172 valence electrons. The highest BCUT2D eigenvalue weighted by Crippen LogP contribution is 2.14. The molecule has 6 heteroatoms. The molecular weight excluding hydrogens is 408 g/mol. The molecule has 0 bridgehead atoms. The lowest BCUT2D eigenvalue weighted by Gasteiger charge is -2.08. The number of hydrogen-bond acceptors (Lipinski definition) is 5. The van der Waals surface area contributed by atoms with Crippen LogP contribution in [0.25, 0.3) is 0 Å². The summed E-state index contributed by atoms with van der Waals surface area (Å²) < 4.78 is 4.59. The Balaban J connectivity index is 0.000000323. The second-order valence-electron chi connectivity index (χ2n) is 7.60. The van der Waals surface area contributed by atoms with E-state index in [1.54, 1.807) is 12.1 Å². The van der Waals surface area contributed by atoms with Crippen molar-refractivity contribution in [3.05, 3.63) is 71.8 Å². The molecule has 0 amide bonds. The molecule has 0 aliphatic carbocycles. The second-order valence-corrected chi connectivity index (χ2v) is 7.60. The normalized spacial score (nSPS) is 10.9. The molecule has 0 aliphatic heterocycles. The van der Waals surface area contributed by atoms with Gasteiger partial charge in [-0.15, -0.1) is 0 Å². The summed E-state index contributed by atoms with van der Waals surface area (Å²) in [5.74, 6) is -0.634. The largest absolute Gasteiger partial charge is 0.481 e. The Morgan fingerprint density at radius 3 is 1.72 bits per heavy atom. The van der Waals surface area contributed by atoms with Crippen LogP contribution in [0, 0.1) is 5.92 Å². The van der Waals surface area contributed by atoms with Crippen LogP contribution in [-0.2, 0) is 14.3 Å². The van der Waals surface area contributed by atoms with Crippen molar-refractivity contribution in [2.75, 3.05) is 7.11 Å². The van der Waals surface area contributed by atoms with Gasteiger partial charge in [-0.25, -0.2) is 0 Å². The maximum atomic E-state index is 11.8. The zero-order valence-corrected chi connectivity index (χ0v) is 18.8. The Morgan fingerprint density at radius 2 is 1.25 bits per heavy atom. The van der Waals surface area contributed by atoms with Gasteiger partial charge in [0.1, 0.15) is 0 Å². The molecule has 6 nitrogen and oxygen atoms in total. The van der Waals surface area contributed by atoms with E-state index in [9.17, 15) is 19.2 Å². The molecule has 1 unspecified atom stereocenters. The van der Waals surface area contributed by atoms with E-state index in [1.807, 2.05) is 55.5 Å². The third-order valence-corrected chi connectivity index (χ3v) is 4.84. The van der Waals surface area contributed by atoms with E-state index in [2.05, 4.69) is 4.74 Å². The lowest BCUT2D eigenvalue weighted by Crippen LogP contribution is -2.09. The average molecular weight is 441 g/mol. The van der Waals surface area contributed by atoms with E-state index in [1.165, 1.54) is 7.11 Å². The molecular formula is C26H32O6. The number of aliphatic carboxylic acids is 1. The van der Waals surface area contributed by atoms with E-state index < -0.39 is 5.97 Å². The number of hydrogen-bond donors (Lipinski definition) is 1. The van der Waals surface area contributed by atoms with Crippen LogP contribution in [0.1, 0.15) is 72.6 Å². The van der Waals surface area contributed by atoms with E-state index in [-0.39, 0.29) is 29.9 Å². The molecule has 0 aliphatic rings. The fourth-order valence-corrected chi connectivity index (χ4v) is 2.95. The predicted octanol–water partition coefficient (Wildman–Crippen LogP) is 5.36. The van der Waals surface area contributed by atoms with Gasteiger partial charge in [0.25, 0.3) is 0 Å². The summed E-state index contributed by atoms with van der Waals surface area (Å²) in [5, 5.41) is 8.41. The first-order chi connectivity index (χ1) is 15.3. The van der Waals surface area contributed by atoms with E-state index >= 15 is 0 Å². The Kier molecular flexibility index (Phi) is 13.0. The minimum Gasteiger partial charge on any atom is -0.481 e. The first-order valence-corrected chi connectivity index (χ1v) is 10.8. The van der Waals surface area contributed by atoms with Crippen molar-refractivity contribution in [2.45, 2.75) is 51.9 Å². The number of carbonyl (C=O) groups excluding carboxylic acids is 3. The van der Waals surface area contributed by atoms with Crippen molar-refractivity contribution in [2.24, 2.45) is 5.92 Å². The number of rotatable bonds is 12. The molecule has 1 N–H and O–H groups in total. The number of esters is 1. The standard InChI is InChI=1S/C14H18O3.C12H14O3/c1-11(10-14(16)17-2)8-9-13(15)12-6-4-3-5-7-12;13-11(8-4-5-9-12(14)15)10-6-2-1-3-7-10/h3-7,11H,8-10H2,1-2H3;1-3,6-7H,4-5,8-9H2,(H,14,15). The third kappa shape index (κ3) is 11.8. The quantitative estimate of drug-likeness (QED) is 0.271. The molecule has 2 aromatic carbocycles. The molecule has 0 radical (unpaired) electrons. The van der Waals surface area contributed by atoms with Crippen LogP contribution in [0.15, 0.2) is 60.7 Å². The van der Waals surface area contributed by atoms with Crippen LogP contribution in [0.2, 0.25) is 0 Å². The van der Waals surface area contributed by atoms with Crippen LogP contribution < -0.4 is 0 Å². The fourth-order valence-electron chi connectivity index (χ4n) is 2.95. The summed E-state index contributed by atoms with van der Waals surface area (Å²) in [7, 11) is 1.38. The zero-order chi connectivity index (χ0) is 23.8. The van der Waals surface area contributed by atoms with Crippen LogP contribution in [-0.4, -0.2) is 35.7 Å². The summed E-state index contributed by atoms with van der Waals surface area (Å²) in [6.07, 6.45) is 3.33. The molecule has 32 heavy (non-hydrogen) atoms. The lowest BCUT2D eigenvalue weighted by molar-refractivity contribution is -0.141. The van der Waals surface area contributed by atoms with Crippen molar-refractivity contribution < 1.29 is 29.0 Å². The van der Waals surface area contributed by atoms with Gasteiger partial charge in [0.2, 0.25) is 0 Å². The molecule has 2 aromatic rings. The highest BCUT2D eigenvalue weighted by atomic mass is 16.5. The highest BCUT2D eigenvalue weighted by molar-refractivity contribution is 5.96. The SMILES string of the molecule is COC(=O)CC(C)CCC(=O)c1ccccc1.O=C(O)CCCCC(=O)c1ccccc1. The number of ketones is 2. The van der Waals surface area contributed by atoms with Crippen LogP contribution in [0.5, 0.6) is 0 Å². The first-order valence-electron chi connectivity index (χ1n) is 10.8. The average Bonchev–Trinajstić information content (AvgIpc) is 2.81. The molecule has 0 saturated heterocycles. The molecule has 0 heterocycles. The van der Waals surface area contributed by atoms with Crippen molar-refractivity contribution >= 4 is 23.5 Å². The number of carboxylic acids is 1. The number of carbonyl (C=O) groups is 4. The van der Waals surface area contributed by atoms with Gasteiger partial charge in [-0.05, 0) is 25.2 Å². The number of benzene rings is 2. The van der Waals surface area contributed by atoms with Crippen LogP contribution in [0.3, 0.4) is 0 Å². The van der Waals surface area contributed by atoms with Crippen molar-refractivity contribution in [3.63, 3.8) is 0 Å². The van der Waals surface area contributed by atoms with Crippen molar-refractivity contribution in [1.29, 1.82) is 0 Å². The maximum Gasteiger partial charge on any atom is 0.305 e. The van der Waals surface area contributed by atoms with Crippen LogP contribution in [0.4, 0.5) is 0 Å². The van der Waals surface area contributed by atoms with Gasteiger partial charge in [0.15, 0.2) is 11.6 Å². The van der Waals surface area contributed by atoms with Crippen molar-refractivity contribution in [1.82, 2.24) is 0 Å². The summed E-state index contributed by atoms with van der Waals surface area (Å²) in [4.78, 5) is 44.6. The number of unbranched alkanes of at least 4 members (excludes halogenated alkanes) is 1. The van der Waals surface area contributed by atoms with Gasteiger partial charge in [-0.1, -0.05) is 67.6 Å². The second kappa shape index (κ2) is 15.5. The number of Topliss-reactive ketones (excluding diaryl/α,β-unsaturated/α-hetero) is 2. The molecule has 2 rings (SSSR count). The zero-order valence-electron chi connectivity index (χ0n) is 18.8. The van der Waals surface area contributed by atoms with E-state index in [4.69, 9.17) is 5.11 Å². The Hall–Kier alpha value is -3.28. The van der Waals surface area contributed by atoms with E-state index in [0.29, 0.717) is 44.1 Å². The van der Waals surface area contributed by atoms with Crippen molar-refractivity contribution in [3.8, 4) is 0 Å². The predicted molar refractivity (Wildman–Crippen MR) is 123 cm³/mol. The van der Waals surface area contributed by atoms with Gasteiger partial charge in [-0.3, -0.25) is 19.2 Å². The monoisotopic (exact) mass is 440 g/mol. The molecule has 1 atom stereocenters. The lowest BCUT2D eigenvalue weighted by atomic mass is 9.98. The van der Waals surface area contributed by atoms with Crippen LogP contribution >= 0.6 is 0 Å². The van der Waals surface area contributed by atoms with Gasteiger partial charge < -0.3 is 9.84 Å². The summed E-state index contributed by atoms with van der Waals surface area (Å²) in [5.41, 5.74) is 1.44. The Morgan fingerprint density at radius 1 is 0.781 bits per heavy atom. The number of ether oxygens (including phenoxy) is 1. The third-order valence-electron chi connectivity index (χ3n) is 4.84. The minimum atomic E-state index is -0.804. The Labute approximate surface area is 189 Å². The molecule has 0 aromatic heterocycles. The Bertz CT molecular complexity index is 845.